The molecule has 2 aliphatic heterocycles. The summed E-state index contributed by atoms with van der Waals surface area (Å²) in [6.45, 7) is 5.23. The number of carbonyl (C=O) groups excluding carboxylic acids is 1. The zero-order valence-electron chi connectivity index (χ0n) is 12.6. The maximum absolute atomic E-state index is 12.1. The van der Waals surface area contributed by atoms with Gasteiger partial charge in [-0.2, -0.15) is 0 Å². The first-order valence-electron chi connectivity index (χ1n) is 7.42. The molecular formula is C16H22N2O3. The summed E-state index contributed by atoms with van der Waals surface area (Å²) in [7, 11) is 1.65. The fraction of sp³-hybridized carbons (Fsp3) is 0.562. The molecular weight excluding hydrogens is 268 g/mol. The molecule has 1 N–H and O–H groups in total. The van der Waals surface area contributed by atoms with Crippen molar-refractivity contribution in [2.24, 2.45) is 5.92 Å². The summed E-state index contributed by atoms with van der Waals surface area (Å²) in [6.07, 6.45) is 0.861. The highest BCUT2D eigenvalue weighted by Gasteiger charge is 2.47. The van der Waals surface area contributed by atoms with E-state index in [4.69, 9.17) is 9.47 Å². The molecule has 2 atom stereocenters. The zero-order valence-corrected chi connectivity index (χ0v) is 12.6. The molecule has 0 aromatic heterocycles. The number of carbonyl (C=O) groups is 1. The van der Waals surface area contributed by atoms with Crippen molar-refractivity contribution in [1.82, 2.24) is 10.2 Å². The normalized spacial score (nSPS) is 28.8. The summed E-state index contributed by atoms with van der Waals surface area (Å²) in [5.41, 5.74) is 0.717. The van der Waals surface area contributed by atoms with E-state index >= 15 is 0 Å². The van der Waals surface area contributed by atoms with Crippen LogP contribution in [0.15, 0.2) is 24.3 Å². The number of nitrogens with one attached hydrogen (secondary N) is 1. The Morgan fingerprint density at radius 3 is 2.81 bits per heavy atom. The molecule has 0 radical (unpaired) electrons. The van der Waals surface area contributed by atoms with Crippen molar-refractivity contribution in [3.63, 3.8) is 0 Å². The van der Waals surface area contributed by atoms with Gasteiger partial charge in [-0.25, -0.2) is 4.79 Å². The highest BCUT2D eigenvalue weighted by Crippen LogP contribution is 2.34. The van der Waals surface area contributed by atoms with E-state index in [1.165, 1.54) is 0 Å². The first kappa shape index (κ1) is 14.2. The molecule has 2 saturated heterocycles. The Morgan fingerprint density at radius 1 is 1.43 bits per heavy atom. The Hall–Kier alpha value is -1.75. The highest BCUT2D eigenvalue weighted by atomic mass is 16.6. The van der Waals surface area contributed by atoms with Crippen molar-refractivity contribution >= 4 is 6.09 Å². The Balaban J connectivity index is 1.67. The molecule has 2 heterocycles. The molecule has 114 valence electrons. The van der Waals surface area contributed by atoms with Crippen LogP contribution < -0.4 is 10.1 Å². The highest BCUT2D eigenvalue weighted by molar-refractivity contribution is 5.70. The minimum atomic E-state index is -0.368. The number of hydrogen-bond donors (Lipinski definition) is 1. The number of ether oxygens (including phenoxy) is 2. The van der Waals surface area contributed by atoms with Gasteiger partial charge in [-0.05, 0) is 37.6 Å². The van der Waals surface area contributed by atoms with Gasteiger partial charge in [0, 0.05) is 19.0 Å². The number of benzene rings is 1. The molecule has 1 amide bonds. The van der Waals surface area contributed by atoms with Gasteiger partial charge in [0.05, 0.1) is 13.7 Å². The van der Waals surface area contributed by atoms with Crippen LogP contribution in [-0.4, -0.2) is 43.3 Å². The van der Waals surface area contributed by atoms with Gasteiger partial charge in [0.15, 0.2) is 0 Å². The lowest BCUT2D eigenvalue weighted by molar-refractivity contribution is 0.0287. The van der Waals surface area contributed by atoms with E-state index in [1.54, 1.807) is 12.0 Å². The summed E-state index contributed by atoms with van der Waals surface area (Å²) in [5.74, 6) is 1.23. The van der Waals surface area contributed by atoms with Gasteiger partial charge in [-0.15, -0.1) is 0 Å². The average molecular weight is 290 g/mol. The summed E-state index contributed by atoms with van der Waals surface area (Å²) in [5, 5.41) is 3.34. The van der Waals surface area contributed by atoms with Gasteiger partial charge in [-0.1, -0.05) is 12.1 Å². The molecule has 5 nitrogen and oxygen atoms in total. The van der Waals surface area contributed by atoms with E-state index in [-0.39, 0.29) is 11.7 Å². The third-order valence-corrected chi connectivity index (χ3v) is 4.54. The van der Waals surface area contributed by atoms with Crippen molar-refractivity contribution in [2.75, 3.05) is 26.7 Å². The molecule has 0 saturated carbocycles. The van der Waals surface area contributed by atoms with Crippen LogP contribution in [0.25, 0.3) is 0 Å². The Kier molecular flexibility index (Phi) is 3.76. The standard InChI is InChI=1S/C16H22N2O3/c1-16(13-7-8-17-9-13)11-18(15(19)21-16)10-12-3-5-14(20-2)6-4-12/h3-6,13,17H,7-11H2,1-2H3. The third kappa shape index (κ3) is 2.83. The molecule has 0 bridgehead atoms. The van der Waals surface area contributed by atoms with Crippen LogP contribution in [0.5, 0.6) is 5.75 Å². The Bertz CT molecular complexity index is 511. The molecule has 5 heteroatoms. The van der Waals surface area contributed by atoms with Crippen LogP contribution in [-0.2, 0) is 11.3 Å². The van der Waals surface area contributed by atoms with E-state index in [0.717, 1.165) is 30.8 Å². The smallest absolute Gasteiger partial charge is 0.410 e. The maximum atomic E-state index is 12.1. The third-order valence-electron chi connectivity index (χ3n) is 4.54. The van der Waals surface area contributed by atoms with Crippen LogP contribution in [0.4, 0.5) is 4.79 Å². The first-order chi connectivity index (χ1) is 10.1. The Morgan fingerprint density at radius 2 is 2.19 bits per heavy atom. The second-order valence-corrected chi connectivity index (χ2v) is 6.07. The van der Waals surface area contributed by atoms with Crippen LogP contribution in [0.1, 0.15) is 18.9 Å². The summed E-state index contributed by atoms with van der Waals surface area (Å²) >= 11 is 0. The Labute approximate surface area is 125 Å². The second kappa shape index (κ2) is 5.56. The monoisotopic (exact) mass is 290 g/mol. The van der Waals surface area contributed by atoms with Crippen molar-refractivity contribution in [1.29, 1.82) is 0 Å². The largest absolute Gasteiger partial charge is 0.497 e. The fourth-order valence-corrected chi connectivity index (χ4v) is 3.20. The summed E-state index contributed by atoms with van der Waals surface area (Å²) in [4.78, 5) is 13.9. The maximum Gasteiger partial charge on any atom is 0.410 e. The van der Waals surface area contributed by atoms with Gasteiger partial charge in [0.2, 0.25) is 0 Å². The number of nitrogens with zero attached hydrogens (tertiary/aromatic N) is 1. The van der Waals surface area contributed by atoms with Crippen LogP contribution in [0, 0.1) is 5.92 Å². The molecule has 2 aliphatic rings. The van der Waals surface area contributed by atoms with Crippen LogP contribution in [0.2, 0.25) is 0 Å². The van der Waals surface area contributed by atoms with Gasteiger partial charge >= 0.3 is 6.09 Å². The summed E-state index contributed by atoms with van der Waals surface area (Å²) in [6, 6.07) is 7.80. The number of rotatable bonds is 4. The van der Waals surface area contributed by atoms with Crippen LogP contribution >= 0.6 is 0 Å². The molecule has 0 aliphatic carbocycles. The predicted molar refractivity (Wildman–Crippen MR) is 79.3 cm³/mol. The van der Waals surface area contributed by atoms with E-state index in [9.17, 15) is 4.79 Å². The fourth-order valence-electron chi connectivity index (χ4n) is 3.20. The zero-order chi connectivity index (χ0) is 14.9. The molecule has 1 aromatic carbocycles. The van der Waals surface area contributed by atoms with Crippen molar-refractivity contribution < 1.29 is 14.3 Å². The van der Waals surface area contributed by atoms with E-state index < -0.39 is 0 Å². The van der Waals surface area contributed by atoms with Crippen molar-refractivity contribution in [3.8, 4) is 5.75 Å². The lowest BCUT2D eigenvalue weighted by atomic mass is 9.88. The van der Waals surface area contributed by atoms with E-state index in [1.807, 2.05) is 24.3 Å². The molecule has 2 fully saturated rings. The topological polar surface area (TPSA) is 50.8 Å². The SMILES string of the molecule is COc1ccc(CN2CC(C)(C3CCNC3)OC2=O)cc1. The van der Waals surface area contributed by atoms with E-state index in [2.05, 4.69) is 12.2 Å². The number of amides is 1. The number of methoxy groups -OCH3 is 1. The van der Waals surface area contributed by atoms with Gasteiger partial charge in [0.25, 0.3) is 0 Å². The minimum absolute atomic E-state index is 0.208. The quantitative estimate of drug-likeness (QED) is 0.921. The van der Waals surface area contributed by atoms with Gasteiger partial charge < -0.3 is 14.8 Å². The molecule has 0 spiro atoms. The first-order valence-corrected chi connectivity index (χ1v) is 7.42. The van der Waals surface area contributed by atoms with Crippen LogP contribution in [0.3, 0.4) is 0 Å². The lowest BCUT2D eigenvalue weighted by Gasteiger charge is -2.28. The molecule has 21 heavy (non-hydrogen) atoms. The summed E-state index contributed by atoms with van der Waals surface area (Å²) < 4.78 is 10.8. The van der Waals surface area contributed by atoms with E-state index in [0.29, 0.717) is 19.0 Å². The predicted octanol–water partition coefficient (Wildman–Crippen LogP) is 2.02. The molecule has 3 rings (SSSR count). The minimum Gasteiger partial charge on any atom is -0.497 e. The van der Waals surface area contributed by atoms with Crippen molar-refractivity contribution in [3.05, 3.63) is 29.8 Å². The second-order valence-electron chi connectivity index (χ2n) is 6.07. The molecule has 1 aromatic rings. The molecule has 2 unspecified atom stereocenters. The average Bonchev–Trinajstić information content (AvgIpc) is 3.10. The van der Waals surface area contributed by atoms with Gasteiger partial charge in [0.1, 0.15) is 11.4 Å². The van der Waals surface area contributed by atoms with Crippen molar-refractivity contribution in [2.45, 2.75) is 25.5 Å². The lowest BCUT2D eigenvalue weighted by Crippen LogP contribution is -2.40. The number of cyclic esters (lactones) is 1. The number of hydrogen-bond acceptors (Lipinski definition) is 4. The van der Waals surface area contributed by atoms with Gasteiger partial charge in [-0.3, -0.25) is 4.90 Å².